The highest BCUT2D eigenvalue weighted by molar-refractivity contribution is 6.38. The van der Waals surface area contributed by atoms with Gasteiger partial charge in [0.05, 0.1) is 16.3 Å². The molecule has 3 N–H and O–H groups in total. The van der Waals surface area contributed by atoms with E-state index >= 15 is 0 Å². The average Bonchev–Trinajstić information content (AvgIpc) is 2.22. The molecule has 0 saturated heterocycles. The largest absolute Gasteiger partial charge is 0.361 e. The maximum atomic E-state index is 10.7. The predicted octanol–water partition coefficient (Wildman–Crippen LogP) is 0.929. The van der Waals surface area contributed by atoms with E-state index in [1.54, 1.807) is 18.2 Å². The van der Waals surface area contributed by atoms with Crippen LogP contribution in [0.2, 0.25) is 10.0 Å². The molecule has 0 bridgehead atoms. The van der Waals surface area contributed by atoms with Crippen molar-refractivity contribution in [2.24, 2.45) is 10.8 Å². The molecule has 0 fully saturated rings. The molecule has 0 aliphatic carbocycles. The highest BCUT2D eigenvalue weighted by Crippen LogP contribution is 2.21. The van der Waals surface area contributed by atoms with E-state index in [-0.39, 0.29) is 0 Å². The first kappa shape index (κ1) is 12.5. The Labute approximate surface area is 101 Å². The van der Waals surface area contributed by atoms with Gasteiger partial charge in [-0.05, 0) is 12.1 Å². The fraction of sp³-hybridized carbons (Fsp3) is 0. The molecule has 0 aromatic heterocycles. The van der Waals surface area contributed by atoms with Crippen LogP contribution >= 0.6 is 23.2 Å². The lowest BCUT2D eigenvalue weighted by Gasteiger charge is -2.00. The Kier molecular flexibility index (Phi) is 4.28. The van der Waals surface area contributed by atoms with Gasteiger partial charge >= 0.3 is 11.8 Å². The van der Waals surface area contributed by atoms with Crippen molar-refractivity contribution in [2.75, 3.05) is 0 Å². The molecule has 0 aliphatic heterocycles. The quantitative estimate of drug-likeness (QED) is 0.471. The summed E-state index contributed by atoms with van der Waals surface area (Å²) in [7, 11) is 0. The van der Waals surface area contributed by atoms with Gasteiger partial charge in [-0.15, -0.1) is 0 Å². The number of hydrogen-bond donors (Lipinski definition) is 2. The standard InChI is InChI=1S/C9H7Cl2N3O2/c10-6-2-1-3-7(11)5(6)4-13-14-9(16)8(12)15/h1-4H,(H2,12,15)(H,14,16)/b13-4-. The highest BCUT2D eigenvalue weighted by Gasteiger charge is 2.06. The molecule has 0 radical (unpaired) electrons. The average molecular weight is 260 g/mol. The van der Waals surface area contributed by atoms with Crippen LogP contribution < -0.4 is 11.2 Å². The number of nitrogens with two attached hydrogens (primary N) is 1. The number of hydrogen-bond acceptors (Lipinski definition) is 3. The van der Waals surface area contributed by atoms with Crippen molar-refractivity contribution >= 4 is 41.2 Å². The number of primary amides is 1. The lowest BCUT2D eigenvalue weighted by molar-refractivity contribution is -0.137. The number of carbonyl (C=O) groups is 2. The van der Waals surface area contributed by atoms with Crippen molar-refractivity contribution in [3.8, 4) is 0 Å². The summed E-state index contributed by atoms with van der Waals surface area (Å²) in [4.78, 5) is 21.1. The predicted molar refractivity (Wildman–Crippen MR) is 61.4 cm³/mol. The van der Waals surface area contributed by atoms with E-state index in [0.29, 0.717) is 15.6 Å². The summed E-state index contributed by atoms with van der Waals surface area (Å²) in [6.07, 6.45) is 1.23. The Hall–Kier alpha value is -1.59. The van der Waals surface area contributed by atoms with E-state index in [1.165, 1.54) is 6.21 Å². The number of halogens is 2. The molecule has 0 heterocycles. The van der Waals surface area contributed by atoms with Gasteiger partial charge in [0.25, 0.3) is 0 Å². The zero-order valence-electron chi connectivity index (χ0n) is 7.91. The van der Waals surface area contributed by atoms with E-state index in [2.05, 4.69) is 5.10 Å². The lowest BCUT2D eigenvalue weighted by atomic mass is 10.2. The van der Waals surface area contributed by atoms with Gasteiger partial charge in [-0.1, -0.05) is 29.3 Å². The number of nitrogens with zero attached hydrogens (tertiary/aromatic N) is 1. The van der Waals surface area contributed by atoms with Gasteiger partial charge in [-0.2, -0.15) is 5.10 Å². The second-order valence-electron chi connectivity index (χ2n) is 2.70. The molecule has 16 heavy (non-hydrogen) atoms. The van der Waals surface area contributed by atoms with Crippen LogP contribution in [0.5, 0.6) is 0 Å². The summed E-state index contributed by atoms with van der Waals surface area (Å²) in [5, 5.41) is 4.25. The van der Waals surface area contributed by atoms with Gasteiger partial charge in [-0.3, -0.25) is 9.59 Å². The van der Waals surface area contributed by atoms with Gasteiger partial charge in [0.2, 0.25) is 0 Å². The maximum absolute atomic E-state index is 10.7. The number of nitrogens with one attached hydrogen (secondary N) is 1. The SMILES string of the molecule is NC(=O)C(=O)N/N=C\c1c(Cl)cccc1Cl. The lowest BCUT2D eigenvalue weighted by Crippen LogP contribution is -2.32. The molecule has 0 aliphatic rings. The molecule has 1 aromatic carbocycles. The van der Waals surface area contributed by atoms with E-state index in [9.17, 15) is 9.59 Å². The Balaban J connectivity index is 2.77. The number of hydrazone groups is 1. The molecule has 0 atom stereocenters. The minimum atomic E-state index is -1.12. The summed E-state index contributed by atoms with van der Waals surface area (Å²) in [5.41, 5.74) is 7.06. The van der Waals surface area contributed by atoms with Gasteiger partial charge in [0, 0.05) is 5.56 Å². The van der Waals surface area contributed by atoms with Crippen molar-refractivity contribution in [3.63, 3.8) is 0 Å². The minimum Gasteiger partial charge on any atom is -0.361 e. The number of rotatable bonds is 2. The molecule has 0 saturated carbocycles. The third-order valence-corrected chi connectivity index (χ3v) is 2.24. The molecule has 5 nitrogen and oxygen atoms in total. The van der Waals surface area contributed by atoms with Gasteiger partial charge < -0.3 is 5.73 Å². The molecule has 7 heteroatoms. The summed E-state index contributed by atoms with van der Waals surface area (Å²) < 4.78 is 0. The summed E-state index contributed by atoms with van der Waals surface area (Å²) in [6.45, 7) is 0. The van der Waals surface area contributed by atoms with Crippen molar-refractivity contribution in [1.29, 1.82) is 0 Å². The fourth-order valence-electron chi connectivity index (χ4n) is 0.845. The minimum absolute atomic E-state index is 0.379. The van der Waals surface area contributed by atoms with Crippen LogP contribution in [0.1, 0.15) is 5.56 Å². The second kappa shape index (κ2) is 5.48. The van der Waals surface area contributed by atoms with Gasteiger partial charge in [0.15, 0.2) is 0 Å². The van der Waals surface area contributed by atoms with Crippen molar-refractivity contribution < 1.29 is 9.59 Å². The molecule has 0 spiro atoms. The number of amides is 2. The Bertz CT molecular complexity index is 440. The number of carbonyl (C=O) groups excluding carboxylic acids is 2. The van der Waals surface area contributed by atoms with Crippen molar-refractivity contribution in [2.45, 2.75) is 0 Å². The van der Waals surface area contributed by atoms with Crippen molar-refractivity contribution in [1.82, 2.24) is 5.43 Å². The Morgan fingerprint density at radius 3 is 2.38 bits per heavy atom. The summed E-state index contributed by atoms with van der Waals surface area (Å²) in [5.74, 6) is -2.14. The van der Waals surface area contributed by atoms with Gasteiger partial charge in [-0.25, -0.2) is 5.43 Å². The monoisotopic (exact) mass is 259 g/mol. The highest BCUT2D eigenvalue weighted by atomic mass is 35.5. The van der Waals surface area contributed by atoms with Crippen molar-refractivity contribution in [3.05, 3.63) is 33.8 Å². The summed E-state index contributed by atoms with van der Waals surface area (Å²) >= 11 is 11.7. The molecule has 84 valence electrons. The third kappa shape index (κ3) is 3.22. The smallest absolute Gasteiger partial charge is 0.329 e. The molecule has 2 amide bonds. The van der Waals surface area contributed by atoms with Crippen LogP contribution in [0.25, 0.3) is 0 Å². The molecule has 1 aromatic rings. The van der Waals surface area contributed by atoms with Crippen LogP contribution in [0.15, 0.2) is 23.3 Å². The zero-order valence-corrected chi connectivity index (χ0v) is 9.42. The van der Waals surface area contributed by atoms with Gasteiger partial charge in [0.1, 0.15) is 0 Å². The van der Waals surface area contributed by atoms with E-state index in [4.69, 9.17) is 28.9 Å². The van der Waals surface area contributed by atoms with Crippen LogP contribution in [0.3, 0.4) is 0 Å². The third-order valence-electron chi connectivity index (χ3n) is 1.58. The van der Waals surface area contributed by atoms with E-state index < -0.39 is 11.8 Å². The van der Waals surface area contributed by atoms with E-state index in [1.807, 2.05) is 5.43 Å². The molecule has 0 unspecified atom stereocenters. The molecule has 1 rings (SSSR count). The first-order chi connectivity index (χ1) is 7.52. The zero-order chi connectivity index (χ0) is 12.1. The maximum Gasteiger partial charge on any atom is 0.329 e. The first-order valence-corrected chi connectivity index (χ1v) is 4.85. The van der Waals surface area contributed by atoms with Crippen LogP contribution in [0, 0.1) is 0 Å². The fourth-order valence-corrected chi connectivity index (χ4v) is 1.34. The molecular formula is C9H7Cl2N3O2. The Morgan fingerprint density at radius 1 is 1.31 bits per heavy atom. The summed E-state index contributed by atoms with van der Waals surface area (Å²) in [6, 6.07) is 4.90. The van der Waals surface area contributed by atoms with Crippen LogP contribution in [-0.2, 0) is 9.59 Å². The van der Waals surface area contributed by atoms with Crippen LogP contribution in [-0.4, -0.2) is 18.0 Å². The van der Waals surface area contributed by atoms with E-state index in [0.717, 1.165) is 0 Å². The topological polar surface area (TPSA) is 84.5 Å². The number of benzene rings is 1. The normalized spacial score (nSPS) is 10.4. The molecular weight excluding hydrogens is 253 g/mol. The first-order valence-electron chi connectivity index (χ1n) is 4.09. The second-order valence-corrected chi connectivity index (χ2v) is 3.51. The van der Waals surface area contributed by atoms with Crippen LogP contribution in [0.4, 0.5) is 0 Å². The Morgan fingerprint density at radius 2 is 1.88 bits per heavy atom.